The predicted molar refractivity (Wildman–Crippen MR) is 58.4 cm³/mol. The second-order valence-electron chi connectivity index (χ2n) is 4.70. The summed E-state index contributed by atoms with van der Waals surface area (Å²) < 4.78 is 1.88. The van der Waals surface area contributed by atoms with E-state index in [4.69, 9.17) is 0 Å². The van der Waals surface area contributed by atoms with E-state index in [9.17, 15) is 0 Å². The Kier molecular flexibility index (Phi) is 2.25. The summed E-state index contributed by atoms with van der Waals surface area (Å²) in [4.78, 5) is 2.60. The highest BCUT2D eigenvalue weighted by atomic mass is 15.3. The molecule has 0 saturated carbocycles. The van der Waals surface area contributed by atoms with E-state index in [0.717, 1.165) is 18.6 Å². The third kappa shape index (κ3) is 1.68. The molecule has 2 fully saturated rings. The zero-order valence-corrected chi connectivity index (χ0v) is 9.19. The van der Waals surface area contributed by atoms with Crippen molar-refractivity contribution in [2.75, 3.05) is 13.1 Å². The second kappa shape index (κ2) is 3.61. The summed E-state index contributed by atoms with van der Waals surface area (Å²) in [5.74, 6) is 0. The zero-order valence-electron chi connectivity index (χ0n) is 9.19. The van der Waals surface area contributed by atoms with Gasteiger partial charge in [-0.3, -0.25) is 9.58 Å². The maximum absolute atomic E-state index is 4.22. The van der Waals surface area contributed by atoms with Gasteiger partial charge >= 0.3 is 0 Å². The number of aryl methyl sites for hydroxylation is 1. The van der Waals surface area contributed by atoms with Crippen LogP contribution in [0.4, 0.5) is 0 Å². The van der Waals surface area contributed by atoms with E-state index in [1.54, 1.807) is 0 Å². The van der Waals surface area contributed by atoms with Crippen LogP contribution in [0.25, 0.3) is 0 Å². The molecule has 1 aromatic heterocycles. The fourth-order valence-corrected chi connectivity index (χ4v) is 2.94. The van der Waals surface area contributed by atoms with Crippen LogP contribution in [0.3, 0.4) is 0 Å². The van der Waals surface area contributed by atoms with Gasteiger partial charge in [0, 0.05) is 44.0 Å². The van der Waals surface area contributed by atoms with Gasteiger partial charge in [0.2, 0.25) is 0 Å². The highest BCUT2D eigenvalue weighted by Crippen LogP contribution is 2.26. The van der Waals surface area contributed by atoms with Crippen LogP contribution >= 0.6 is 0 Å². The SMILES string of the molecule is Cn1cc(CN2CC[C@@H]3NCC[C@H]32)cn1. The molecule has 0 spiro atoms. The van der Waals surface area contributed by atoms with E-state index in [2.05, 4.69) is 21.5 Å². The highest BCUT2D eigenvalue weighted by molar-refractivity contribution is 5.06. The molecule has 0 unspecified atom stereocenters. The molecule has 2 atom stereocenters. The summed E-state index contributed by atoms with van der Waals surface area (Å²) in [6, 6.07) is 1.52. The van der Waals surface area contributed by atoms with Crippen molar-refractivity contribution in [2.45, 2.75) is 31.5 Å². The smallest absolute Gasteiger partial charge is 0.0534 e. The molecule has 82 valence electrons. The maximum atomic E-state index is 4.22. The van der Waals surface area contributed by atoms with Gasteiger partial charge < -0.3 is 5.32 Å². The summed E-state index contributed by atoms with van der Waals surface area (Å²) in [6.45, 7) is 3.49. The van der Waals surface area contributed by atoms with E-state index in [-0.39, 0.29) is 0 Å². The maximum Gasteiger partial charge on any atom is 0.0534 e. The van der Waals surface area contributed by atoms with E-state index >= 15 is 0 Å². The fraction of sp³-hybridized carbons (Fsp3) is 0.727. The molecule has 2 aliphatic heterocycles. The monoisotopic (exact) mass is 206 g/mol. The third-order valence-electron chi connectivity index (χ3n) is 3.65. The summed E-state index contributed by atoms with van der Waals surface area (Å²) >= 11 is 0. The van der Waals surface area contributed by atoms with Crippen LogP contribution in [0.15, 0.2) is 12.4 Å². The van der Waals surface area contributed by atoms with E-state index in [1.807, 2.05) is 17.9 Å². The normalized spacial score (nSPS) is 31.0. The molecule has 0 amide bonds. The van der Waals surface area contributed by atoms with Gasteiger partial charge in [-0.05, 0) is 19.4 Å². The highest BCUT2D eigenvalue weighted by Gasteiger charge is 2.36. The van der Waals surface area contributed by atoms with Crippen molar-refractivity contribution in [1.29, 1.82) is 0 Å². The number of likely N-dealkylation sites (tertiary alicyclic amines) is 1. The lowest BCUT2D eigenvalue weighted by Crippen LogP contribution is -2.33. The molecular formula is C11H18N4. The summed E-state index contributed by atoms with van der Waals surface area (Å²) in [7, 11) is 1.98. The Labute approximate surface area is 90.3 Å². The molecule has 2 saturated heterocycles. The molecule has 3 heterocycles. The van der Waals surface area contributed by atoms with Gasteiger partial charge in [0.1, 0.15) is 0 Å². The fourth-order valence-electron chi connectivity index (χ4n) is 2.94. The number of nitrogens with one attached hydrogen (secondary N) is 1. The number of hydrogen-bond donors (Lipinski definition) is 1. The van der Waals surface area contributed by atoms with Crippen molar-refractivity contribution in [2.24, 2.45) is 7.05 Å². The minimum atomic E-state index is 0.752. The lowest BCUT2D eigenvalue weighted by molar-refractivity contribution is 0.245. The first-order chi connectivity index (χ1) is 7.33. The summed E-state index contributed by atoms with van der Waals surface area (Å²) in [6.07, 6.45) is 6.72. The molecule has 2 aliphatic rings. The van der Waals surface area contributed by atoms with Crippen LogP contribution in [0, 0.1) is 0 Å². The van der Waals surface area contributed by atoms with Gasteiger partial charge in [0.05, 0.1) is 6.20 Å². The standard InChI is InChI=1S/C11H18N4/c1-14-7-9(6-13-14)8-15-5-3-10-11(15)2-4-12-10/h6-7,10-12H,2-5,8H2,1H3/t10-,11+/m0/s1. The van der Waals surface area contributed by atoms with Crippen molar-refractivity contribution in [3.05, 3.63) is 18.0 Å². The Bertz CT molecular complexity index is 346. The Balaban J connectivity index is 1.68. The molecular weight excluding hydrogens is 188 g/mol. The lowest BCUT2D eigenvalue weighted by Gasteiger charge is -2.22. The van der Waals surface area contributed by atoms with Crippen molar-refractivity contribution < 1.29 is 0 Å². The molecule has 0 aliphatic carbocycles. The van der Waals surface area contributed by atoms with Crippen molar-refractivity contribution in [3.8, 4) is 0 Å². The first kappa shape index (κ1) is 9.36. The Morgan fingerprint density at radius 1 is 1.53 bits per heavy atom. The van der Waals surface area contributed by atoms with Crippen LogP contribution in [0.2, 0.25) is 0 Å². The van der Waals surface area contributed by atoms with Crippen molar-refractivity contribution in [1.82, 2.24) is 20.0 Å². The Hall–Kier alpha value is -0.870. The first-order valence-electron chi connectivity index (χ1n) is 5.78. The van der Waals surface area contributed by atoms with Gasteiger partial charge in [0.15, 0.2) is 0 Å². The summed E-state index contributed by atoms with van der Waals surface area (Å²) in [5.41, 5.74) is 1.34. The van der Waals surface area contributed by atoms with Gasteiger partial charge in [-0.1, -0.05) is 0 Å². The molecule has 3 rings (SSSR count). The molecule has 1 N–H and O–H groups in total. The predicted octanol–water partition coefficient (Wildman–Crippen LogP) is 0.356. The van der Waals surface area contributed by atoms with E-state index < -0.39 is 0 Å². The summed E-state index contributed by atoms with van der Waals surface area (Å²) in [5, 5.41) is 7.80. The second-order valence-corrected chi connectivity index (χ2v) is 4.70. The Morgan fingerprint density at radius 2 is 2.47 bits per heavy atom. The topological polar surface area (TPSA) is 33.1 Å². The number of rotatable bonds is 2. The van der Waals surface area contributed by atoms with Crippen LogP contribution < -0.4 is 5.32 Å². The number of hydrogen-bond acceptors (Lipinski definition) is 3. The van der Waals surface area contributed by atoms with Crippen molar-refractivity contribution in [3.63, 3.8) is 0 Å². The van der Waals surface area contributed by atoms with Gasteiger partial charge in [-0.25, -0.2) is 0 Å². The molecule has 4 heteroatoms. The number of nitrogens with zero attached hydrogens (tertiary/aromatic N) is 3. The number of fused-ring (bicyclic) bond motifs is 1. The van der Waals surface area contributed by atoms with Crippen LogP contribution in [-0.4, -0.2) is 39.9 Å². The minimum absolute atomic E-state index is 0.752. The molecule has 1 aromatic rings. The number of aromatic nitrogens is 2. The first-order valence-corrected chi connectivity index (χ1v) is 5.78. The molecule has 0 radical (unpaired) electrons. The van der Waals surface area contributed by atoms with Gasteiger partial charge in [0.25, 0.3) is 0 Å². The minimum Gasteiger partial charge on any atom is -0.312 e. The average Bonchev–Trinajstić information content (AvgIpc) is 2.85. The van der Waals surface area contributed by atoms with E-state index in [0.29, 0.717) is 0 Å². The van der Waals surface area contributed by atoms with Crippen LogP contribution in [0.5, 0.6) is 0 Å². The zero-order chi connectivity index (χ0) is 10.3. The van der Waals surface area contributed by atoms with Crippen LogP contribution in [-0.2, 0) is 13.6 Å². The van der Waals surface area contributed by atoms with Gasteiger partial charge in [-0.2, -0.15) is 5.10 Å². The molecule has 15 heavy (non-hydrogen) atoms. The molecule has 0 aromatic carbocycles. The Morgan fingerprint density at radius 3 is 3.27 bits per heavy atom. The lowest BCUT2D eigenvalue weighted by atomic mass is 10.1. The van der Waals surface area contributed by atoms with Gasteiger partial charge in [-0.15, -0.1) is 0 Å². The molecule has 0 bridgehead atoms. The molecule has 4 nitrogen and oxygen atoms in total. The average molecular weight is 206 g/mol. The van der Waals surface area contributed by atoms with Crippen molar-refractivity contribution >= 4 is 0 Å². The van der Waals surface area contributed by atoms with E-state index in [1.165, 1.54) is 31.5 Å². The van der Waals surface area contributed by atoms with Crippen LogP contribution in [0.1, 0.15) is 18.4 Å². The quantitative estimate of drug-likeness (QED) is 0.758. The largest absolute Gasteiger partial charge is 0.312 e. The third-order valence-corrected chi connectivity index (χ3v) is 3.65.